The van der Waals surface area contributed by atoms with Gasteiger partial charge in [0, 0.05) is 23.0 Å². The van der Waals surface area contributed by atoms with Crippen molar-refractivity contribution in [1.82, 2.24) is 4.98 Å². The largest absolute Gasteiger partial charge is 0.496 e. The fourth-order valence-electron chi connectivity index (χ4n) is 1.44. The second-order valence-corrected chi connectivity index (χ2v) is 3.52. The van der Waals surface area contributed by atoms with Gasteiger partial charge in [-0.15, -0.1) is 0 Å². The summed E-state index contributed by atoms with van der Waals surface area (Å²) in [5.74, 6) is 0.772. The van der Waals surface area contributed by atoms with Crippen molar-refractivity contribution < 1.29 is 4.74 Å². The Labute approximate surface area is 93.5 Å². The Hall–Kier alpha value is -1.54. The first-order valence-electron chi connectivity index (χ1n) is 4.55. The van der Waals surface area contributed by atoms with E-state index in [1.54, 1.807) is 25.6 Å². The molecule has 0 aliphatic carbocycles. The lowest BCUT2D eigenvalue weighted by atomic mass is 10.1. The van der Waals surface area contributed by atoms with Gasteiger partial charge >= 0.3 is 0 Å². The molecule has 0 aliphatic heterocycles. The zero-order chi connectivity index (χ0) is 10.7. The van der Waals surface area contributed by atoms with Gasteiger partial charge in [-0.05, 0) is 35.9 Å². The normalized spacial score (nSPS) is 10.0. The van der Waals surface area contributed by atoms with Crippen LogP contribution >= 0.6 is 11.6 Å². The minimum absolute atomic E-state index is 0.671. The Kier molecular flexibility index (Phi) is 2.88. The second-order valence-electron chi connectivity index (χ2n) is 3.08. The van der Waals surface area contributed by atoms with Crippen LogP contribution in [-0.2, 0) is 0 Å². The summed E-state index contributed by atoms with van der Waals surface area (Å²) in [6.07, 6.45) is 3.51. The van der Waals surface area contributed by atoms with E-state index in [0.717, 1.165) is 16.9 Å². The summed E-state index contributed by atoms with van der Waals surface area (Å²) in [5, 5.41) is 0.671. The molecule has 0 radical (unpaired) electrons. The van der Waals surface area contributed by atoms with Crippen LogP contribution in [0.25, 0.3) is 11.1 Å². The first kappa shape index (κ1) is 9.99. The molecule has 0 saturated heterocycles. The predicted octanol–water partition coefficient (Wildman–Crippen LogP) is 3.41. The van der Waals surface area contributed by atoms with Crippen molar-refractivity contribution in [2.75, 3.05) is 7.11 Å². The number of pyridine rings is 1. The summed E-state index contributed by atoms with van der Waals surface area (Å²) < 4.78 is 5.28. The number of hydrogen-bond acceptors (Lipinski definition) is 2. The minimum atomic E-state index is 0.671. The molecule has 76 valence electrons. The molecule has 0 spiro atoms. The van der Waals surface area contributed by atoms with Crippen LogP contribution in [0.3, 0.4) is 0 Å². The Balaban J connectivity index is 2.53. The average molecular weight is 220 g/mol. The molecule has 0 bridgehead atoms. The molecule has 0 unspecified atom stereocenters. The van der Waals surface area contributed by atoms with E-state index in [1.165, 1.54) is 0 Å². The smallest absolute Gasteiger partial charge is 0.128 e. The third kappa shape index (κ3) is 2.10. The summed E-state index contributed by atoms with van der Waals surface area (Å²) in [4.78, 5) is 3.98. The molecule has 0 N–H and O–H groups in total. The van der Waals surface area contributed by atoms with Crippen LogP contribution < -0.4 is 4.74 Å². The summed E-state index contributed by atoms with van der Waals surface area (Å²) in [5.41, 5.74) is 2.09. The van der Waals surface area contributed by atoms with E-state index in [4.69, 9.17) is 16.3 Å². The van der Waals surface area contributed by atoms with Crippen LogP contribution in [0.4, 0.5) is 0 Å². The van der Waals surface area contributed by atoms with Gasteiger partial charge in [-0.3, -0.25) is 4.98 Å². The Bertz CT molecular complexity index is 456. The van der Waals surface area contributed by atoms with Gasteiger partial charge in [-0.2, -0.15) is 0 Å². The number of hydrogen-bond donors (Lipinski definition) is 0. The SMILES string of the molecule is COc1cc(Cl)ccc1-c1ccncc1. The maximum atomic E-state index is 5.89. The fraction of sp³-hybridized carbons (Fsp3) is 0.0833. The summed E-state index contributed by atoms with van der Waals surface area (Å²) in [7, 11) is 1.64. The summed E-state index contributed by atoms with van der Waals surface area (Å²) in [6.45, 7) is 0. The highest BCUT2D eigenvalue weighted by molar-refractivity contribution is 6.30. The molecule has 1 aromatic carbocycles. The lowest BCUT2D eigenvalue weighted by Gasteiger charge is -2.08. The maximum absolute atomic E-state index is 5.89. The van der Waals surface area contributed by atoms with E-state index in [-0.39, 0.29) is 0 Å². The molecule has 2 aromatic rings. The average Bonchev–Trinajstić information content (AvgIpc) is 2.30. The number of aromatic nitrogens is 1. The van der Waals surface area contributed by atoms with Crippen LogP contribution in [0.1, 0.15) is 0 Å². The van der Waals surface area contributed by atoms with Crippen molar-refractivity contribution in [1.29, 1.82) is 0 Å². The second kappa shape index (κ2) is 4.32. The first-order chi connectivity index (χ1) is 7.31. The number of benzene rings is 1. The van der Waals surface area contributed by atoms with Crippen LogP contribution in [0.5, 0.6) is 5.75 Å². The standard InChI is InChI=1S/C12H10ClNO/c1-15-12-8-10(13)2-3-11(12)9-4-6-14-7-5-9/h2-8H,1H3. The molecule has 0 saturated carbocycles. The van der Waals surface area contributed by atoms with E-state index >= 15 is 0 Å². The van der Waals surface area contributed by atoms with Gasteiger partial charge in [0.1, 0.15) is 5.75 Å². The number of methoxy groups -OCH3 is 1. The van der Waals surface area contributed by atoms with E-state index in [1.807, 2.05) is 24.3 Å². The van der Waals surface area contributed by atoms with Crippen molar-refractivity contribution in [2.45, 2.75) is 0 Å². The topological polar surface area (TPSA) is 22.1 Å². The van der Waals surface area contributed by atoms with Gasteiger partial charge in [-0.1, -0.05) is 11.6 Å². The molecule has 0 aliphatic rings. The third-order valence-electron chi connectivity index (χ3n) is 2.15. The van der Waals surface area contributed by atoms with E-state index in [0.29, 0.717) is 5.02 Å². The Morgan fingerprint density at radius 2 is 1.87 bits per heavy atom. The molecule has 0 atom stereocenters. The van der Waals surface area contributed by atoms with Gasteiger partial charge in [0.2, 0.25) is 0 Å². The van der Waals surface area contributed by atoms with E-state index in [2.05, 4.69) is 4.98 Å². The van der Waals surface area contributed by atoms with Crippen molar-refractivity contribution in [2.24, 2.45) is 0 Å². The third-order valence-corrected chi connectivity index (χ3v) is 2.39. The van der Waals surface area contributed by atoms with Crippen molar-refractivity contribution in [3.8, 4) is 16.9 Å². The number of ether oxygens (including phenoxy) is 1. The van der Waals surface area contributed by atoms with E-state index < -0.39 is 0 Å². The molecular formula is C12H10ClNO. The lowest BCUT2D eigenvalue weighted by Crippen LogP contribution is -1.87. The van der Waals surface area contributed by atoms with Gasteiger partial charge in [-0.25, -0.2) is 0 Å². The quantitative estimate of drug-likeness (QED) is 0.772. The fourth-order valence-corrected chi connectivity index (χ4v) is 1.60. The van der Waals surface area contributed by atoms with Crippen LogP contribution in [0.2, 0.25) is 5.02 Å². The molecule has 2 nitrogen and oxygen atoms in total. The maximum Gasteiger partial charge on any atom is 0.128 e. The highest BCUT2D eigenvalue weighted by atomic mass is 35.5. The molecule has 0 amide bonds. The van der Waals surface area contributed by atoms with Crippen LogP contribution in [0.15, 0.2) is 42.7 Å². The molecule has 1 heterocycles. The van der Waals surface area contributed by atoms with Gasteiger partial charge in [0.15, 0.2) is 0 Å². The van der Waals surface area contributed by atoms with E-state index in [9.17, 15) is 0 Å². The minimum Gasteiger partial charge on any atom is -0.496 e. The molecule has 2 rings (SSSR count). The van der Waals surface area contributed by atoms with Gasteiger partial charge < -0.3 is 4.74 Å². The lowest BCUT2D eigenvalue weighted by molar-refractivity contribution is 0.416. The molecule has 1 aromatic heterocycles. The van der Waals surface area contributed by atoms with Crippen molar-refractivity contribution in [3.05, 3.63) is 47.7 Å². The monoisotopic (exact) mass is 219 g/mol. The van der Waals surface area contributed by atoms with Gasteiger partial charge in [0.05, 0.1) is 7.11 Å². The summed E-state index contributed by atoms with van der Waals surface area (Å²) >= 11 is 5.89. The number of halogens is 1. The highest BCUT2D eigenvalue weighted by Crippen LogP contribution is 2.31. The number of nitrogens with zero attached hydrogens (tertiary/aromatic N) is 1. The van der Waals surface area contributed by atoms with Crippen LogP contribution in [-0.4, -0.2) is 12.1 Å². The molecular weight excluding hydrogens is 210 g/mol. The zero-order valence-corrected chi connectivity index (χ0v) is 9.03. The Morgan fingerprint density at radius 3 is 2.53 bits per heavy atom. The molecule has 15 heavy (non-hydrogen) atoms. The van der Waals surface area contributed by atoms with Crippen molar-refractivity contribution in [3.63, 3.8) is 0 Å². The predicted molar refractivity (Wildman–Crippen MR) is 61.2 cm³/mol. The van der Waals surface area contributed by atoms with Crippen molar-refractivity contribution >= 4 is 11.6 Å². The molecule has 0 fully saturated rings. The van der Waals surface area contributed by atoms with Gasteiger partial charge in [0.25, 0.3) is 0 Å². The highest BCUT2D eigenvalue weighted by Gasteiger charge is 2.05. The summed E-state index contributed by atoms with van der Waals surface area (Å²) in [6, 6.07) is 9.46. The molecule has 3 heteroatoms. The first-order valence-corrected chi connectivity index (χ1v) is 4.93. The number of rotatable bonds is 2. The van der Waals surface area contributed by atoms with Crippen LogP contribution in [0, 0.1) is 0 Å². The zero-order valence-electron chi connectivity index (χ0n) is 8.27. The Morgan fingerprint density at radius 1 is 1.13 bits per heavy atom.